The molecule has 1 unspecified atom stereocenters. The van der Waals surface area contributed by atoms with Crippen LogP contribution in [0.1, 0.15) is 46.8 Å². The third-order valence-electron chi connectivity index (χ3n) is 4.84. The molecule has 2 aromatic rings. The molecule has 0 spiro atoms. The number of benzene rings is 2. The van der Waals surface area contributed by atoms with E-state index in [2.05, 4.69) is 5.32 Å². The van der Waals surface area contributed by atoms with Crippen LogP contribution in [0.3, 0.4) is 0 Å². The Balaban J connectivity index is 1.55. The Morgan fingerprint density at radius 3 is 2.59 bits per heavy atom. The number of rotatable bonds is 5. The molecule has 1 aliphatic rings. The molecule has 1 saturated heterocycles. The van der Waals surface area contributed by atoms with Gasteiger partial charge in [0.15, 0.2) is 0 Å². The second kappa shape index (κ2) is 8.29. The number of hydrogen-bond donors (Lipinski definition) is 1. The zero-order valence-electron chi connectivity index (χ0n) is 15.2. The van der Waals surface area contributed by atoms with Crippen molar-refractivity contribution in [3.63, 3.8) is 0 Å². The average molecular weight is 372 g/mol. The van der Waals surface area contributed by atoms with Gasteiger partial charge in [-0.05, 0) is 37.5 Å². The minimum atomic E-state index is -0.919. The van der Waals surface area contributed by atoms with Gasteiger partial charge in [0.25, 0.3) is 5.91 Å². The number of halogens is 2. The Hall–Kier alpha value is -2.76. The maximum atomic E-state index is 13.6. The zero-order valence-corrected chi connectivity index (χ0v) is 15.2. The monoisotopic (exact) mass is 372 g/mol. The first-order chi connectivity index (χ1) is 13.0. The first-order valence-corrected chi connectivity index (χ1v) is 9.05. The Labute approximate surface area is 157 Å². The number of carbonyl (C=O) groups excluding carboxylic acids is 2. The topological polar surface area (TPSA) is 49.4 Å². The smallest absolute Gasteiger partial charge is 0.254 e. The first-order valence-electron chi connectivity index (χ1n) is 9.05. The van der Waals surface area contributed by atoms with Crippen molar-refractivity contribution in [3.8, 4) is 0 Å². The van der Waals surface area contributed by atoms with Crippen LogP contribution in [-0.2, 0) is 4.79 Å². The van der Waals surface area contributed by atoms with Gasteiger partial charge in [-0.15, -0.1) is 0 Å². The lowest BCUT2D eigenvalue weighted by Crippen LogP contribution is -2.34. The summed E-state index contributed by atoms with van der Waals surface area (Å²) < 4.78 is 26.5. The van der Waals surface area contributed by atoms with Crippen molar-refractivity contribution in [1.82, 2.24) is 10.2 Å². The normalized spacial score (nSPS) is 16.4. The minimum Gasteiger partial charge on any atom is -0.351 e. The van der Waals surface area contributed by atoms with E-state index in [1.54, 1.807) is 0 Å². The fourth-order valence-corrected chi connectivity index (χ4v) is 3.40. The lowest BCUT2D eigenvalue weighted by Gasteiger charge is -2.25. The summed E-state index contributed by atoms with van der Waals surface area (Å²) in [6.45, 7) is 2.82. The molecular weight excluding hydrogens is 350 g/mol. The third-order valence-corrected chi connectivity index (χ3v) is 4.84. The molecule has 0 bridgehead atoms. The molecular formula is C21H22F2N2O2. The van der Waals surface area contributed by atoms with Crippen molar-refractivity contribution < 1.29 is 18.4 Å². The van der Waals surface area contributed by atoms with Gasteiger partial charge in [-0.2, -0.15) is 0 Å². The Kier molecular flexibility index (Phi) is 5.84. The van der Waals surface area contributed by atoms with E-state index in [9.17, 15) is 18.4 Å². The van der Waals surface area contributed by atoms with Gasteiger partial charge >= 0.3 is 0 Å². The molecule has 0 saturated carbocycles. The molecule has 1 heterocycles. The summed E-state index contributed by atoms with van der Waals surface area (Å²) in [4.78, 5) is 26.4. The van der Waals surface area contributed by atoms with E-state index in [0.29, 0.717) is 12.6 Å². The number of amides is 2. The highest BCUT2D eigenvalue weighted by Gasteiger charge is 2.29. The quantitative estimate of drug-likeness (QED) is 0.869. The van der Waals surface area contributed by atoms with Crippen molar-refractivity contribution in [2.45, 2.75) is 32.2 Å². The van der Waals surface area contributed by atoms with Crippen LogP contribution in [0.4, 0.5) is 8.78 Å². The van der Waals surface area contributed by atoms with Crippen LogP contribution in [-0.4, -0.2) is 29.8 Å². The zero-order chi connectivity index (χ0) is 19.4. The van der Waals surface area contributed by atoms with Gasteiger partial charge in [0.05, 0.1) is 11.6 Å². The summed E-state index contributed by atoms with van der Waals surface area (Å²) in [6, 6.07) is 11.0. The highest BCUT2D eigenvalue weighted by Crippen LogP contribution is 2.32. The molecule has 1 atom stereocenters. The van der Waals surface area contributed by atoms with Gasteiger partial charge in [0, 0.05) is 25.6 Å². The molecule has 0 aromatic heterocycles. The van der Waals surface area contributed by atoms with Crippen LogP contribution in [0.15, 0.2) is 42.5 Å². The van der Waals surface area contributed by atoms with E-state index in [0.717, 1.165) is 30.5 Å². The van der Waals surface area contributed by atoms with Crippen LogP contribution in [0.2, 0.25) is 0 Å². The molecule has 27 heavy (non-hydrogen) atoms. The van der Waals surface area contributed by atoms with Gasteiger partial charge in [0.2, 0.25) is 5.91 Å². The van der Waals surface area contributed by atoms with Crippen molar-refractivity contribution in [1.29, 1.82) is 0 Å². The summed E-state index contributed by atoms with van der Waals surface area (Å²) in [7, 11) is 0. The van der Waals surface area contributed by atoms with E-state index in [1.807, 2.05) is 36.1 Å². The van der Waals surface area contributed by atoms with Crippen LogP contribution in [0.5, 0.6) is 0 Å². The SMILES string of the molecule is Cc1ccc(C2CCCN2C(=O)CCNC(=O)c2ccc(F)cc2F)cc1. The summed E-state index contributed by atoms with van der Waals surface area (Å²) >= 11 is 0. The predicted molar refractivity (Wildman–Crippen MR) is 98.2 cm³/mol. The standard InChI is InChI=1S/C21H22F2N2O2/c1-14-4-6-15(7-5-14)19-3-2-12-25(19)20(26)10-11-24-21(27)17-9-8-16(22)13-18(17)23/h4-9,13,19H,2-3,10-12H2,1H3,(H,24,27). The number of carbonyl (C=O) groups is 2. The minimum absolute atomic E-state index is 0.0436. The molecule has 142 valence electrons. The lowest BCUT2D eigenvalue weighted by molar-refractivity contribution is -0.132. The highest BCUT2D eigenvalue weighted by atomic mass is 19.1. The van der Waals surface area contributed by atoms with Crippen molar-refractivity contribution in [3.05, 3.63) is 70.8 Å². The summed E-state index contributed by atoms with van der Waals surface area (Å²) in [6.07, 6.45) is 2.00. The molecule has 4 nitrogen and oxygen atoms in total. The molecule has 6 heteroatoms. The first kappa shape index (κ1) is 19.0. The van der Waals surface area contributed by atoms with Crippen LogP contribution in [0, 0.1) is 18.6 Å². The molecule has 0 radical (unpaired) electrons. The molecule has 1 fully saturated rings. The number of aryl methyl sites for hydroxylation is 1. The van der Waals surface area contributed by atoms with Crippen molar-refractivity contribution in [2.24, 2.45) is 0 Å². The van der Waals surface area contributed by atoms with E-state index in [-0.39, 0.29) is 30.5 Å². The van der Waals surface area contributed by atoms with Crippen LogP contribution in [0.25, 0.3) is 0 Å². The number of likely N-dealkylation sites (tertiary alicyclic amines) is 1. The number of hydrogen-bond acceptors (Lipinski definition) is 2. The number of nitrogens with one attached hydrogen (secondary N) is 1. The molecule has 1 aliphatic heterocycles. The summed E-state index contributed by atoms with van der Waals surface area (Å²) in [5, 5.41) is 2.53. The number of nitrogens with zero attached hydrogens (tertiary/aromatic N) is 1. The van der Waals surface area contributed by atoms with Crippen LogP contribution < -0.4 is 5.32 Å². The molecule has 2 amide bonds. The Morgan fingerprint density at radius 1 is 1.15 bits per heavy atom. The maximum Gasteiger partial charge on any atom is 0.254 e. The van der Waals surface area contributed by atoms with Crippen molar-refractivity contribution in [2.75, 3.05) is 13.1 Å². The molecule has 3 rings (SSSR count). The third kappa shape index (κ3) is 4.51. The second-order valence-corrected chi connectivity index (χ2v) is 6.79. The lowest BCUT2D eigenvalue weighted by atomic mass is 10.0. The molecule has 2 aromatic carbocycles. The largest absolute Gasteiger partial charge is 0.351 e. The molecule has 1 N–H and O–H groups in total. The van der Waals surface area contributed by atoms with Crippen LogP contribution >= 0.6 is 0 Å². The predicted octanol–water partition coefficient (Wildman–Crippen LogP) is 3.76. The fourth-order valence-electron chi connectivity index (χ4n) is 3.40. The Bertz CT molecular complexity index is 837. The van der Waals surface area contributed by atoms with E-state index in [4.69, 9.17) is 0 Å². The highest BCUT2D eigenvalue weighted by molar-refractivity contribution is 5.94. The van der Waals surface area contributed by atoms with E-state index in [1.165, 1.54) is 5.56 Å². The van der Waals surface area contributed by atoms with E-state index >= 15 is 0 Å². The van der Waals surface area contributed by atoms with Gasteiger partial charge in [-0.3, -0.25) is 9.59 Å². The van der Waals surface area contributed by atoms with E-state index < -0.39 is 17.5 Å². The van der Waals surface area contributed by atoms with Gasteiger partial charge in [0.1, 0.15) is 11.6 Å². The summed E-state index contributed by atoms with van der Waals surface area (Å²) in [5.41, 5.74) is 2.05. The van der Waals surface area contributed by atoms with Gasteiger partial charge in [-0.25, -0.2) is 8.78 Å². The molecule has 0 aliphatic carbocycles. The average Bonchev–Trinajstić information content (AvgIpc) is 3.12. The van der Waals surface area contributed by atoms with Gasteiger partial charge in [-0.1, -0.05) is 29.8 Å². The van der Waals surface area contributed by atoms with Gasteiger partial charge < -0.3 is 10.2 Å². The second-order valence-electron chi connectivity index (χ2n) is 6.79. The summed E-state index contributed by atoms with van der Waals surface area (Å²) in [5.74, 6) is -2.36. The Morgan fingerprint density at radius 2 is 1.89 bits per heavy atom. The van der Waals surface area contributed by atoms with Crippen molar-refractivity contribution >= 4 is 11.8 Å². The fraction of sp³-hybridized carbons (Fsp3) is 0.333. The maximum absolute atomic E-state index is 13.6.